The molecule has 0 aromatic heterocycles. The monoisotopic (exact) mass is 292 g/mol. The Morgan fingerprint density at radius 1 is 1.08 bits per heavy atom. The number of unbranched alkanes of at least 4 members (excludes halogenated alkanes) is 3. The first-order valence-electron chi connectivity index (χ1n) is 4.64. The first-order chi connectivity index (χ1) is 4.81. The molecule has 1 unspecified atom stereocenters. The number of hydrogen-bond donors (Lipinski definition) is 0. The van der Waals surface area contributed by atoms with E-state index in [4.69, 9.17) is 0 Å². The number of rotatable bonds is 6. The van der Waals surface area contributed by atoms with E-state index in [1.54, 1.807) is 0 Å². The molecule has 0 saturated carbocycles. The zero-order valence-corrected chi connectivity index (χ0v) is 12.2. The van der Waals surface area contributed by atoms with E-state index in [0.29, 0.717) is 5.92 Å². The average Bonchev–Trinajstić information content (AvgIpc) is 1.98. The van der Waals surface area contributed by atoms with Crippen molar-refractivity contribution in [2.24, 2.45) is 5.92 Å². The molecule has 0 aromatic rings. The molecule has 1 atom stereocenters. The maximum absolute atomic E-state index is 4.05. The van der Waals surface area contributed by atoms with Crippen LogP contribution < -0.4 is 24.0 Å². The largest absolute Gasteiger partial charge is 2.00 e. The summed E-state index contributed by atoms with van der Waals surface area (Å²) in [5, 5.41) is 0. The molecule has 0 fully saturated rings. The summed E-state index contributed by atoms with van der Waals surface area (Å²) in [6.45, 7) is 8.53. The van der Waals surface area contributed by atoms with Crippen LogP contribution in [0.15, 0.2) is 0 Å². The fourth-order valence-corrected chi connectivity index (χ4v) is 1.06. The molecule has 0 rings (SSSR count). The Hall–Kier alpha value is 1.50. The van der Waals surface area contributed by atoms with Crippen molar-refractivity contribution in [1.82, 2.24) is 0 Å². The third-order valence-corrected chi connectivity index (χ3v) is 2.04. The molecule has 0 heterocycles. The molecule has 0 nitrogen and oxygen atoms in total. The van der Waals surface area contributed by atoms with Gasteiger partial charge in [-0.2, -0.15) is 5.92 Å². The summed E-state index contributed by atoms with van der Waals surface area (Å²) in [6, 6.07) is 0. The van der Waals surface area contributed by atoms with Gasteiger partial charge >= 0.3 is 23.1 Å². The Morgan fingerprint density at radius 3 is 2.08 bits per heavy atom. The fraction of sp³-hybridized carbons (Fsp3) is 0.900. The van der Waals surface area contributed by atoms with Gasteiger partial charge in [0.15, 0.2) is 0 Å². The van der Waals surface area contributed by atoms with Crippen molar-refractivity contribution < 1.29 is 24.0 Å². The smallest absolute Gasteiger partial charge is 1.00 e. The fourth-order valence-electron chi connectivity index (χ4n) is 1.06. The third-order valence-electron chi connectivity index (χ3n) is 2.04. The molecule has 0 saturated heterocycles. The van der Waals surface area contributed by atoms with Crippen molar-refractivity contribution in [3.63, 3.8) is 0 Å². The molecule has 12 heavy (non-hydrogen) atoms. The molecule has 0 bridgehead atoms. The van der Waals surface area contributed by atoms with Crippen molar-refractivity contribution in [2.75, 3.05) is 0 Å². The summed E-state index contributed by atoms with van der Waals surface area (Å²) >= 11 is 0. The molecule has 0 spiro atoms. The van der Waals surface area contributed by atoms with Crippen molar-refractivity contribution >= 4 is 23.1 Å². The molecule has 0 aliphatic rings. The maximum Gasteiger partial charge on any atom is 2.00 e. The molecule has 0 aromatic carbocycles. The zero-order chi connectivity index (χ0) is 7.82. The zero-order valence-electron chi connectivity index (χ0n) is 8.61. The van der Waals surface area contributed by atoms with Crippen LogP contribution in [0.5, 0.6) is 0 Å². The van der Waals surface area contributed by atoms with E-state index in [-0.39, 0.29) is 47.0 Å². The van der Waals surface area contributed by atoms with Gasteiger partial charge in [0.1, 0.15) is 0 Å². The first kappa shape index (κ1) is 19.1. The minimum atomic E-state index is 0. The maximum atomic E-state index is 4.05. The Bertz CT molecular complexity index is 66.9. The van der Waals surface area contributed by atoms with Crippen molar-refractivity contribution in [1.29, 1.82) is 0 Å². The van der Waals surface area contributed by atoms with Crippen molar-refractivity contribution in [3.8, 4) is 0 Å². The van der Waals surface area contributed by atoms with E-state index in [2.05, 4.69) is 20.8 Å². The van der Waals surface area contributed by atoms with Crippen LogP contribution in [-0.2, 0) is 0 Å². The van der Waals surface area contributed by atoms with Crippen LogP contribution in [0.25, 0.3) is 0 Å². The van der Waals surface area contributed by atoms with E-state index in [0.717, 1.165) is 0 Å². The second kappa shape index (κ2) is 15.0. The van der Waals surface area contributed by atoms with Crippen molar-refractivity contribution in [2.45, 2.75) is 52.4 Å². The predicted octanol–water partition coefficient (Wildman–Crippen LogP) is 0.440. The molecule has 70 valence electrons. The van der Waals surface area contributed by atoms with Gasteiger partial charge in [-0.05, 0) is 0 Å². The predicted molar refractivity (Wildman–Crippen MR) is 53.7 cm³/mol. The standard InChI is InChI=1S/C10H21.HI.Mg/c1-4-6-7-8-9-10(3)5-2;;/h10H,3-9H2,1-2H3;1H;/q-1;;+2/p-1. The summed E-state index contributed by atoms with van der Waals surface area (Å²) in [4.78, 5) is 0. The van der Waals surface area contributed by atoms with Crippen LogP contribution >= 0.6 is 0 Å². The van der Waals surface area contributed by atoms with Crippen molar-refractivity contribution in [3.05, 3.63) is 6.92 Å². The molecular formula is C10H21IMg. The van der Waals surface area contributed by atoms with Crippen LogP contribution in [0, 0.1) is 12.8 Å². The summed E-state index contributed by atoms with van der Waals surface area (Å²) in [6.07, 6.45) is 8.10. The van der Waals surface area contributed by atoms with Gasteiger partial charge in [-0.25, -0.2) is 0 Å². The Balaban J connectivity index is -0.000000405. The summed E-state index contributed by atoms with van der Waals surface area (Å²) in [5.41, 5.74) is 0. The van der Waals surface area contributed by atoms with Crippen LogP contribution in [0.4, 0.5) is 0 Å². The van der Waals surface area contributed by atoms with E-state index < -0.39 is 0 Å². The Morgan fingerprint density at radius 2 is 1.67 bits per heavy atom. The van der Waals surface area contributed by atoms with Crippen LogP contribution in [0.1, 0.15) is 52.4 Å². The van der Waals surface area contributed by atoms with Gasteiger partial charge in [-0.15, -0.1) is 0 Å². The van der Waals surface area contributed by atoms with E-state index in [9.17, 15) is 0 Å². The Labute approximate surface area is 111 Å². The van der Waals surface area contributed by atoms with E-state index >= 15 is 0 Å². The number of hydrogen-bond acceptors (Lipinski definition) is 0. The number of halogens is 1. The topological polar surface area (TPSA) is 0 Å². The molecular weight excluding hydrogens is 271 g/mol. The van der Waals surface area contributed by atoms with Crippen LogP contribution in [0.2, 0.25) is 0 Å². The molecule has 2 heteroatoms. The molecule has 0 radical (unpaired) electrons. The second-order valence-electron chi connectivity index (χ2n) is 3.12. The average molecular weight is 292 g/mol. The molecule has 0 N–H and O–H groups in total. The normalized spacial score (nSPS) is 11.2. The van der Waals surface area contributed by atoms with Crippen LogP contribution in [-0.4, -0.2) is 23.1 Å². The minimum Gasteiger partial charge on any atom is -1.00 e. The van der Waals surface area contributed by atoms with Gasteiger partial charge in [0.05, 0.1) is 0 Å². The summed E-state index contributed by atoms with van der Waals surface area (Å²) < 4.78 is 0. The van der Waals surface area contributed by atoms with Gasteiger partial charge in [-0.1, -0.05) is 52.4 Å². The quantitative estimate of drug-likeness (QED) is 0.288. The SMILES string of the molecule is [CH2-]C(CC)CCCCCC.[I-].[Mg+2]. The summed E-state index contributed by atoms with van der Waals surface area (Å²) in [7, 11) is 0. The van der Waals surface area contributed by atoms with Gasteiger partial charge < -0.3 is 30.9 Å². The Kier molecular flexibility index (Phi) is 23.9. The van der Waals surface area contributed by atoms with Gasteiger partial charge in [0.2, 0.25) is 0 Å². The van der Waals surface area contributed by atoms with Gasteiger partial charge in [0.25, 0.3) is 0 Å². The van der Waals surface area contributed by atoms with Crippen LogP contribution in [0.3, 0.4) is 0 Å². The van der Waals surface area contributed by atoms with E-state index in [1.165, 1.54) is 38.5 Å². The summed E-state index contributed by atoms with van der Waals surface area (Å²) in [5.74, 6) is 0.705. The third kappa shape index (κ3) is 14.0. The molecule has 0 amide bonds. The molecule has 0 aliphatic carbocycles. The van der Waals surface area contributed by atoms with E-state index in [1.807, 2.05) is 0 Å². The minimum absolute atomic E-state index is 0. The van der Waals surface area contributed by atoms with Gasteiger partial charge in [0, 0.05) is 0 Å². The first-order valence-corrected chi connectivity index (χ1v) is 4.64. The second-order valence-corrected chi connectivity index (χ2v) is 3.12. The van der Waals surface area contributed by atoms with Gasteiger partial charge in [-0.3, -0.25) is 0 Å². The molecule has 0 aliphatic heterocycles.